The molecule has 122 valence electrons. The fourth-order valence-electron chi connectivity index (χ4n) is 2.54. The van der Waals surface area contributed by atoms with Gasteiger partial charge >= 0.3 is 5.97 Å². The topological polar surface area (TPSA) is 68.5 Å². The van der Waals surface area contributed by atoms with Crippen LogP contribution in [0.3, 0.4) is 0 Å². The molecule has 23 heavy (non-hydrogen) atoms. The number of Topliss-reactive ketones (excluding diaryl/α,β-unsaturated/α-hetero) is 1. The average Bonchev–Trinajstić information content (AvgIpc) is 3.03. The molecular weight excluding hydrogens is 294 g/mol. The van der Waals surface area contributed by atoms with Crippen molar-refractivity contribution < 1.29 is 19.4 Å². The number of ether oxygens (including phenoxy) is 1. The van der Waals surface area contributed by atoms with Crippen molar-refractivity contribution in [3.05, 3.63) is 53.9 Å². The van der Waals surface area contributed by atoms with Gasteiger partial charge in [0.15, 0.2) is 5.78 Å². The molecule has 1 atom stereocenters. The minimum atomic E-state index is -0.615. The predicted octanol–water partition coefficient (Wildman–Crippen LogP) is 3.13. The van der Waals surface area contributed by atoms with E-state index in [-0.39, 0.29) is 11.5 Å². The van der Waals surface area contributed by atoms with Gasteiger partial charge in [-0.2, -0.15) is 0 Å². The lowest BCUT2D eigenvalue weighted by Crippen LogP contribution is -2.25. The van der Waals surface area contributed by atoms with Gasteiger partial charge in [-0.15, -0.1) is 0 Å². The number of esters is 1. The van der Waals surface area contributed by atoms with Gasteiger partial charge in [-0.25, -0.2) is 4.79 Å². The minimum absolute atomic E-state index is 0.0112. The molecule has 1 aromatic heterocycles. The Hall–Kier alpha value is -2.56. The molecule has 1 aromatic carbocycles. The number of benzene rings is 1. The van der Waals surface area contributed by atoms with Crippen molar-refractivity contribution in [1.82, 2.24) is 4.57 Å². The molecule has 0 saturated heterocycles. The van der Waals surface area contributed by atoms with Crippen LogP contribution in [0.1, 0.15) is 41.9 Å². The van der Waals surface area contributed by atoms with Gasteiger partial charge in [0.2, 0.25) is 0 Å². The Balaban J connectivity index is 2.32. The summed E-state index contributed by atoms with van der Waals surface area (Å²) in [6.45, 7) is 1.94. The van der Waals surface area contributed by atoms with E-state index in [1.807, 2.05) is 6.92 Å². The SMILES string of the molecule is CCCC(=O)c1cccn1C(Cc1ccc(O)cc1)C(=O)OC. The molecule has 2 rings (SSSR count). The number of hydrogen-bond donors (Lipinski definition) is 1. The van der Waals surface area contributed by atoms with Crippen molar-refractivity contribution in [3.8, 4) is 5.75 Å². The summed E-state index contributed by atoms with van der Waals surface area (Å²) in [4.78, 5) is 24.4. The van der Waals surface area contributed by atoms with E-state index in [9.17, 15) is 14.7 Å². The van der Waals surface area contributed by atoms with Gasteiger partial charge in [0, 0.05) is 19.0 Å². The van der Waals surface area contributed by atoms with Crippen molar-refractivity contribution >= 4 is 11.8 Å². The van der Waals surface area contributed by atoms with E-state index in [1.165, 1.54) is 7.11 Å². The van der Waals surface area contributed by atoms with Crippen LogP contribution in [-0.2, 0) is 16.0 Å². The Labute approximate surface area is 135 Å². The van der Waals surface area contributed by atoms with E-state index in [1.54, 1.807) is 47.2 Å². The molecule has 0 fully saturated rings. The number of carbonyl (C=O) groups is 2. The van der Waals surface area contributed by atoms with Gasteiger partial charge in [-0.05, 0) is 36.2 Å². The summed E-state index contributed by atoms with van der Waals surface area (Å²) in [7, 11) is 1.34. The maximum atomic E-state index is 12.2. The molecule has 2 aromatic rings. The molecule has 0 spiro atoms. The lowest BCUT2D eigenvalue weighted by Gasteiger charge is -2.19. The summed E-state index contributed by atoms with van der Waals surface area (Å²) in [6, 6.07) is 9.52. The van der Waals surface area contributed by atoms with Crippen molar-refractivity contribution in [2.24, 2.45) is 0 Å². The standard InChI is InChI=1S/C18H21NO4/c1-3-5-17(21)15-6-4-11-19(15)16(18(22)23-2)12-13-7-9-14(20)10-8-13/h4,6-11,16,20H,3,5,12H2,1-2H3. The Morgan fingerprint density at radius 3 is 2.52 bits per heavy atom. The van der Waals surface area contributed by atoms with Crippen molar-refractivity contribution in [3.63, 3.8) is 0 Å². The van der Waals surface area contributed by atoms with Crippen LogP contribution < -0.4 is 0 Å². The number of methoxy groups -OCH3 is 1. The zero-order valence-electron chi connectivity index (χ0n) is 13.4. The molecule has 0 aliphatic heterocycles. The molecule has 0 radical (unpaired) electrons. The quantitative estimate of drug-likeness (QED) is 0.629. The first kappa shape index (κ1) is 16.8. The second kappa shape index (κ2) is 7.63. The first-order valence-corrected chi connectivity index (χ1v) is 7.62. The Morgan fingerprint density at radius 2 is 1.91 bits per heavy atom. The van der Waals surface area contributed by atoms with E-state index in [0.29, 0.717) is 18.5 Å². The highest BCUT2D eigenvalue weighted by Crippen LogP contribution is 2.22. The van der Waals surface area contributed by atoms with Gasteiger partial charge < -0.3 is 14.4 Å². The summed E-state index contributed by atoms with van der Waals surface area (Å²) < 4.78 is 6.58. The highest BCUT2D eigenvalue weighted by Gasteiger charge is 2.25. The molecule has 0 aliphatic rings. The number of rotatable bonds is 7. The second-order valence-corrected chi connectivity index (χ2v) is 5.38. The van der Waals surface area contributed by atoms with E-state index in [2.05, 4.69) is 0 Å². The number of nitrogens with zero attached hydrogens (tertiary/aromatic N) is 1. The number of carbonyl (C=O) groups excluding carboxylic acids is 2. The number of phenols is 1. The molecule has 5 nitrogen and oxygen atoms in total. The van der Waals surface area contributed by atoms with Gasteiger partial charge in [-0.1, -0.05) is 19.1 Å². The molecular formula is C18H21NO4. The Kier molecular flexibility index (Phi) is 5.57. The fourth-order valence-corrected chi connectivity index (χ4v) is 2.54. The van der Waals surface area contributed by atoms with Crippen LogP contribution in [-0.4, -0.2) is 28.5 Å². The molecule has 0 amide bonds. The summed E-state index contributed by atoms with van der Waals surface area (Å²) >= 11 is 0. The molecule has 1 heterocycles. The van der Waals surface area contributed by atoms with Gasteiger partial charge in [0.1, 0.15) is 11.8 Å². The molecule has 0 bridgehead atoms. The minimum Gasteiger partial charge on any atom is -0.508 e. The third-order valence-electron chi connectivity index (χ3n) is 3.72. The fraction of sp³-hybridized carbons (Fsp3) is 0.333. The Bertz CT molecular complexity index is 673. The number of aromatic nitrogens is 1. The second-order valence-electron chi connectivity index (χ2n) is 5.38. The van der Waals surface area contributed by atoms with Crippen molar-refractivity contribution in [2.45, 2.75) is 32.2 Å². The van der Waals surface area contributed by atoms with E-state index >= 15 is 0 Å². The molecule has 0 saturated carbocycles. The highest BCUT2D eigenvalue weighted by molar-refractivity contribution is 5.95. The zero-order chi connectivity index (χ0) is 16.8. The summed E-state index contributed by atoms with van der Waals surface area (Å²) in [5.41, 5.74) is 1.39. The van der Waals surface area contributed by atoms with Crippen molar-refractivity contribution in [2.75, 3.05) is 7.11 Å². The number of aromatic hydroxyl groups is 1. The maximum Gasteiger partial charge on any atom is 0.329 e. The van der Waals surface area contributed by atoms with E-state index < -0.39 is 12.0 Å². The predicted molar refractivity (Wildman–Crippen MR) is 86.5 cm³/mol. The summed E-state index contributed by atoms with van der Waals surface area (Å²) in [5.74, 6) is -0.222. The van der Waals surface area contributed by atoms with Gasteiger partial charge in [0.05, 0.1) is 12.8 Å². The van der Waals surface area contributed by atoms with Crippen LogP contribution >= 0.6 is 0 Å². The summed E-state index contributed by atoms with van der Waals surface area (Å²) in [6.07, 6.45) is 3.31. The Morgan fingerprint density at radius 1 is 1.22 bits per heavy atom. The molecule has 5 heteroatoms. The van der Waals surface area contributed by atoms with Gasteiger partial charge in [-0.3, -0.25) is 4.79 Å². The highest BCUT2D eigenvalue weighted by atomic mass is 16.5. The lowest BCUT2D eigenvalue weighted by molar-refractivity contribution is -0.144. The number of hydrogen-bond acceptors (Lipinski definition) is 4. The van der Waals surface area contributed by atoms with Crippen LogP contribution in [0.15, 0.2) is 42.6 Å². The molecule has 1 unspecified atom stereocenters. The monoisotopic (exact) mass is 315 g/mol. The molecule has 0 aliphatic carbocycles. The van der Waals surface area contributed by atoms with Crippen LogP contribution in [0.2, 0.25) is 0 Å². The lowest BCUT2D eigenvalue weighted by atomic mass is 10.0. The third-order valence-corrected chi connectivity index (χ3v) is 3.72. The average molecular weight is 315 g/mol. The number of ketones is 1. The third kappa shape index (κ3) is 4.00. The van der Waals surface area contributed by atoms with Crippen LogP contribution in [0.4, 0.5) is 0 Å². The van der Waals surface area contributed by atoms with Crippen molar-refractivity contribution in [1.29, 1.82) is 0 Å². The molecule has 1 N–H and O–H groups in total. The first-order chi connectivity index (χ1) is 11.1. The smallest absolute Gasteiger partial charge is 0.329 e. The number of phenolic OH excluding ortho intramolecular Hbond substituents is 1. The maximum absolute atomic E-state index is 12.2. The van der Waals surface area contributed by atoms with E-state index in [0.717, 1.165) is 12.0 Å². The largest absolute Gasteiger partial charge is 0.508 e. The van der Waals surface area contributed by atoms with Crippen LogP contribution in [0.25, 0.3) is 0 Å². The normalized spacial score (nSPS) is 11.9. The van der Waals surface area contributed by atoms with Gasteiger partial charge in [0.25, 0.3) is 0 Å². The first-order valence-electron chi connectivity index (χ1n) is 7.62. The van der Waals surface area contributed by atoms with Crippen LogP contribution in [0, 0.1) is 0 Å². The zero-order valence-corrected chi connectivity index (χ0v) is 13.4. The summed E-state index contributed by atoms with van der Waals surface area (Å²) in [5, 5.41) is 9.36. The van der Waals surface area contributed by atoms with E-state index in [4.69, 9.17) is 4.74 Å². The van der Waals surface area contributed by atoms with Crippen LogP contribution in [0.5, 0.6) is 5.75 Å².